The fourth-order valence-electron chi connectivity index (χ4n) is 3.49. The van der Waals surface area contributed by atoms with Crippen molar-refractivity contribution in [3.05, 3.63) is 51.6 Å². The van der Waals surface area contributed by atoms with Crippen LogP contribution in [0.2, 0.25) is 5.02 Å². The first-order valence-corrected chi connectivity index (χ1v) is 9.98. The number of rotatable bonds is 7. The van der Waals surface area contributed by atoms with Gasteiger partial charge in [-0.1, -0.05) is 23.7 Å². The molecule has 0 N–H and O–H groups in total. The van der Waals surface area contributed by atoms with E-state index in [1.807, 2.05) is 18.2 Å². The molecule has 1 fully saturated rings. The molecule has 2 atom stereocenters. The van der Waals surface area contributed by atoms with Gasteiger partial charge in [0.1, 0.15) is 11.6 Å². The predicted octanol–water partition coefficient (Wildman–Crippen LogP) is 5.33. The van der Waals surface area contributed by atoms with Gasteiger partial charge >= 0.3 is 0 Å². The number of aromatic nitrogens is 1. The molecule has 1 aromatic carbocycles. The molecule has 6 heteroatoms. The van der Waals surface area contributed by atoms with Gasteiger partial charge in [-0.2, -0.15) is 0 Å². The number of methoxy groups -OCH3 is 2. The van der Waals surface area contributed by atoms with E-state index >= 15 is 0 Å². The molecule has 0 radical (unpaired) electrons. The summed E-state index contributed by atoms with van der Waals surface area (Å²) in [6, 6.07) is 10.1. The Balaban J connectivity index is 1.79. The molecule has 2 aromatic rings. The summed E-state index contributed by atoms with van der Waals surface area (Å²) in [7, 11) is 3.49. The third-order valence-corrected chi connectivity index (χ3v) is 6.13. The van der Waals surface area contributed by atoms with Gasteiger partial charge in [-0.25, -0.2) is 4.98 Å². The van der Waals surface area contributed by atoms with Gasteiger partial charge in [-0.05, 0) is 58.8 Å². The molecule has 1 aliphatic carbocycles. The van der Waals surface area contributed by atoms with Crippen molar-refractivity contribution in [2.75, 3.05) is 25.7 Å². The first-order valence-electron chi connectivity index (χ1n) is 8.80. The highest BCUT2D eigenvalue weighted by atomic mass is 79.9. The van der Waals surface area contributed by atoms with Crippen molar-refractivity contribution in [1.29, 1.82) is 0 Å². The van der Waals surface area contributed by atoms with E-state index in [1.165, 1.54) is 12.0 Å². The zero-order valence-corrected chi connectivity index (χ0v) is 17.5. The van der Waals surface area contributed by atoms with Crippen LogP contribution in [0.4, 0.5) is 5.82 Å². The molecule has 2 unspecified atom stereocenters. The fraction of sp³-hybridized carbons (Fsp3) is 0.450. The summed E-state index contributed by atoms with van der Waals surface area (Å²) in [5, 5.41) is 0.677. The second kappa shape index (κ2) is 9.07. The van der Waals surface area contributed by atoms with Crippen LogP contribution in [0.25, 0.3) is 0 Å². The highest BCUT2D eigenvalue weighted by Gasteiger charge is 2.27. The number of hydrogen-bond acceptors (Lipinski definition) is 4. The molecule has 0 spiro atoms. The summed E-state index contributed by atoms with van der Waals surface area (Å²) in [6.45, 7) is 1.72. The van der Waals surface area contributed by atoms with Gasteiger partial charge < -0.3 is 14.4 Å². The summed E-state index contributed by atoms with van der Waals surface area (Å²) in [6.07, 6.45) is 5.56. The minimum absolute atomic E-state index is 0.379. The van der Waals surface area contributed by atoms with Crippen LogP contribution in [-0.2, 0) is 11.3 Å². The summed E-state index contributed by atoms with van der Waals surface area (Å²) in [5.74, 6) is 2.36. The Morgan fingerprint density at radius 3 is 2.62 bits per heavy atom. The van der Waals surface area contributed by atoms with Crippen molar-refractivity contribution < 1.29 is 9.47 Å². The smallest absolute Gasteiger partial charge is 0.130 e. The maximum absolute atomic E-state index is 6.31. The van der Waals surface area contributed by atoms with Gasteiger partial charge in [0.05, 0.1) is 22.7 Å². The standard InChI is InChI=1S/C20H24BrClN2O2/c1-25-16-6-3-14(4-7-16)12-24(13-15-5-8-17(9-15)26-2)20-10-19(22)18(21)11-23-20/h3-4,6-7,10-11,15,17H,5,8-9,12-13H2,1-2H3. The minimum atomic E-state index is 0.379. The Labute approximate surface area is 168 Å². The average Bonchev–Trinajstić information content (AvgIpc) is 3.12. The van der Waals surface area contributed by atoms with Crippen LogP contribution in [0.3, 0.4) is 0 Å². The number of pyridine rings is 1. The Bertz CT molecular complexity index is 726. The van der Waals surface area contributed by atoms with Crippen LogP contribution in [0.5, 0.6) is 5.75 Å². The van der Waals surface area contributed by atoms with E-state index in [-0.39, 0.29) is 0 Å². The van der Waals surface area contributed by atoms with Crippen LogP contribution >= 0.6 is 27.5 Å². The summed E-state index contributed by atoms with van der Waals surface area (Å²) in [4.78, 5) is 6.90. The van der Waals surface area contributed by atoms with E-state index in [0.717, 1.165) is 42.0 Å². The summed E-state index contributed by atoms with van der Waals surface area (Å²) < 4.78 is 11.6. The maximum Gasteiger partial charge on any atom is 0.130 e. The first kappa shape index (κ1) is 19.5. The van der Waals surface area contributed by atoms with Gasteiger partial charge in [-0.3, -0.25) is 0 Å². The Morgan fingerprint density at radius 1 is 1.23 bits per heavy atom. The zero-order valence-electron chi connectivity index (χ0n) is 15.1. The van der Waals surface area contributed by atoms with Gasteiger partial charge in [0, 0.05) is 32.5 Å². The van der Waals surface area contributed by atoms with Crippen LogP contribution < -0.4 is 9.64 Å². The predicted molar refractivity (Wildman–Crippen MR) is 109 cm³/mol. The molecule has 1 aromatic heterocycles. The number of halogens is 2. The second-order valence-electron chi connectivity index (χ2n) is 6.72. The Kier molecular flexibility index (Phi) is 6.79. The van der Waals surface area contributed by atoms with Gasteiger partial charge in [0.15, 0.2) is 0 Å². The molecule has 4 nitrogen and oxygen atoms in total. The number of ether oxygens (including phenoxy) is 2. The van der Waals surface area contributed by atoms with Gasteiger partial charge in [-0.15, -0.1) is 0 Å². The van der Waals surface area contributed by atoms with E-state index in [2.05, 4.69) is 37.9 Å². The second-order valence-corrected chi connectivity index (χ2v) is 7.98. The molecule has 0 saturated heterocycles. The summed E-state index contributed by atoms with van der Waals surface area (Å²) >= 11 is 9.74. The van der Waals surface area contributed by atoms with E-state index in [0.29, 0.717) is 17.0 Å². The van der Waals surface area contributed by atoms with Crippen LogP contribution in [0.1, 0.15) is 24.8 Å². The maximum atomic E-state index is 6.31. The molecule has 1 aliphatic rings. The molecule has 26 heavy (non-hydrogen) atoms. The number of benzene rings is 1. The van der Waals surface area contributed by atoms with Crippen molar-refractivity contribution in [2.45, 2.75) is 31.9 Å². The molecule has 0 amide bonds. The Hall–Kier alpha value is -1.30. The topological polar surface area (TPSA) is 34.6 Å². The molecule has 0 aliphatic heterocycles. The quantitative estimate of drug-likeness (QED) is 0.584. The van der Waals surface area contributed by atoms with Crippen molar-refractivity contribution >= 4 is 33.3 Å². The number of nitrogens with zero attached hydrogens (tertiary/aromatic N) is 2. The van der Waals surface area contributed by atoms with Gasteiger partial charge in [0.2, 0.25) is 0 Å². The van der Waals surface area contributed by atoms with Gasteiger partial charge in [0.25, 0.3) is 0 Å². The summed E-state index contributed by atoms with van der Waals surface area (Å²) in [5.41, 5.74) is 1.22. The first-order chi connectivity index (χ1) is 12.6. The van der Waals surface area contributed by atoms with Crippen LogP contribution in [0.15, 0.2) is 41.0 Å². The molecule has 1 heterocycles. The number of hydrogen-bond donors (Lipinski definition) is 0. The Morgan fingerprint density at radius 2 is 2.00 bits per heavy atom. The van der Waals surface area contributed by atoms with E-state index in [4.69, 9.17) is 21.1 Å². The van der Waals surface area contributed by atoms with Crippen molar-refractivity contribution in [3.8, 4) is 5.75 Å². The highest BCUT2D eigenvalue weighted by Crippen LogP contribution is 2.31. The lowest BCUT2D eigenvalue weighted by atomic mass is 10.1. The molecule has 140 valence electrons. The average molecular weight is 440 g/mol. The lowest BCUT2D eigenvalue weighted by Gasteiger charge is -2.27. The lowest BCUT2D eigenvalue weighted by Crippen LogP contribution is -2.29. The molecular weight excluding hydrogens is 416 g/mol. The van der Waals surface area contributed by atoms with Crippen LogP contribution in [-0.4, -0.2) is 31.9 Å². The normalized spacial score (nSPS) is 19.5. The van der Waals surface area contributed by atoms with Crippen molar-refractivity contribution in [1.82, 2.24) is 4.98 Å². The minimum Gasteiger partial charge on any atom is -0.497 e. The zero-order chi connectivity index (χ0) is 18.5. The SMILES string of the molecule is COc1ccc(CN(CC2CCC(OC)C2)c2cc(Cl)c(Br)cn2)cc1. The number of anilines is 1. The molecule has 0 bridgehead atoms. The van der Waals surface area contributed by atoms with Crippen LogP contribution in [0, 0.1) is 5.92 Å². The fourth-order valence-corrected chi connectivity index (χ4v) is 3.85. The van der Waals surface area contributed by atoms with E-state index < -0.39 is 0 Å². The molecular formula is C20H24BrClN2O2. The lowest BCUT2D eigenvalue weighted by molar-refractivity contribution is 0.105. The van der Waals surface area contributed by atoms with E-state index in [1.54, 1.807) is 20.4 Å². The molecule has 3 rings (SSSR count). The van der Waals surface area contributed by atoms with E-state index in [9.17, 15) is 0 Å². The highest BCUT2D eigenvalue weighted by molar-refractivity contribution is 9.10. The largest absolute Gasteiger partial charge is 0.497 e. The third-order valence-electron chi connectivity index (χ3n) is 4.96. The van der Waals surface area contributed by atoms with Crippen molar-refractivity contribution in [2.24, 2.45) is 5.92 Å². The third kappa shape index (κ3) is 4.90. The molecule has 1 saturated carbocycles. The monoisotopic (exact) mass is 438 g/mol. The van der Waals surface area contributed by atoms with Crippen molar-refractivity contribution in [3.63, 3.8) is 0 Å².